The first-order valence-electron chi connectivity index (χ1n) is 5.64. The Hall–Kier alpha value is -2.15. The molecule has 2 aromatic rings. The van der Waals surface area contributed by atoms with Crippen LogP contribution >= 0.6 is 0 Å². The minimum Gasteiger partial charge on any atom is -0.394 e. The zero-order valence-corrected chi connectivity index (χ0v) is 11.3. The number of benzene rings is 2. The van der Waals surface area contributed by atoms with Crippen molar-refractivity contribution < 1.29 is 17.2 Å². The van der Waals surface area contributed by atoms with Crippen LogP contribution in [-0.4, -0.2) is 8.42 Å². The molecule has 2 rings (SSSR count). The first-order valence-corrected chi connectivity index (χ1v) is 7.12. The fourth-order valence-electron chi connectivity index (χ4n) is 1.59. The highest BCUT2D eigenvalue weighted by Crippen LogP contribution is 2.24. The van der Waals surface area contributed by atoms with Gasteiger partial charge in [-0.3, -0.25) is 4.72 Å². The fraction of sp³-hybridized carbons (Fsp3) is 0.0769. The molecule has 0 aliphatic carbocycles. The smallest absolute Gasteiger partial charge is 0.264 e. The minimum atomic E-state index is -4.17. The van der Waals surface area contributed by atoms with Gasteiger partial charge in [0.15, 0.2) is 5.82 Å². The lowest BCUT2D eigenvalue weighted by Gasteiger charge is -2.10. The number of nitrogen functional groups attached to an aromatic ring is 1. The van der Waals surface area contributed by atoms with Crippen LogP contribution in [0, 0.1) is 18.6 Å². The molecule has 0 radical (unpaired) electrons. The highest BCUT2D eigenvalue weighted by molar-refractivity contribution is 7.92. The number of anilines is 2. The number of nitrogens with one attached hydrogen (secondary N) is 1. The van der Waals surface area contributed by atoms with Crippen LogP contribution in [0.4, 0.5) is 20.2 Å². The van der Waals surface area contributed by atoms with Gasteiger partial charge in [-0.25, -0.2) is 17.2 Å². The van der Waals surface area contributed by atoms with Crippen LogP contribution < -0.4 is 10.5 Å². The summed E-state index contributed by atoms with van der Waals surface area (Å²) >= 11 is 0. The van der Waals surface area contributed by atoms with E-state index in [0.29, 0.717) is 0 Å². The molecule has 106 valence electrons. The Balaban J connectivity index is 2.41. The third-order valence-corrected chi connectivity index (χ3v) is 4.08. The van der Waals surface area contributed by atoms with Crippen LogP contribution in [0.15, 0.2) is 41.3 Å². The summed E-state index contributed by atoms with van der Waals surface area (Å²) in [7, 11) is -4.17. The second-order valence-corrected chi connectivity index (χ2v) is 5.90. The van der Waals surface area contributed by atoms with Crippen molar-refractivity contribution in [2.45, 2.75) is 11.8 Å². The number of hydrogen-bond donors (Lipinski definition) is 2. The molecule has 0 heterocycles. The van der Waals surface area contributed by atoms with Gasteiger partial charge in [0.2, 0.25) is 0 Å². The third kappa shape index (κ3) is 2.72. The number of aryl methyl sites for hydroxylation is 1. The molecule has 0 aromatic heterocycles. The van der Waals surface area contributed by atoms with Gasteiger partial charge in [-0.15, -0.1) is 0 Å². The highest BCUT2D eigenvalue weighted by atomic mass is 32.2. The average Bonchev–Trinajstić information content (AvgIpc) is 2.38. The number of rotatable bonds is 3. The number of nitrogens with two attached hydrogens (primary N) is 1. The van der Waals surface area contributed by atoms with Gasteiger partial charge < -0.3 is 5.73 Å². The van der Waals surface area contributed by atoms with Crippen LogP contribution in [0.3, 0.4) is 0 Å². The predicted octanol–water partition coefficient (Wildman–Crippen LogP) is 2.66. The molecule has 0 aliphatic rings. The van der Waals surface area contributed by atoms with Gasteiger partial charge in [0.05, 0.1) is 0 Å². The van der Waals surface area contributed by atoms with E-state index in [-0.39, 0.29) is 5.69 Å². The minimum absolute atomic E-state index is 0.276. The van der Waals surface area contributed by atoms with E-state index in [1.54, 1.807) is 12.1 Å². The quantitative estimate of drug-likeness (QED) is 0.856. The van der Waals surface area contributed by atoms with Crippen LogP contribution in [0.5, 0.6) is 0 Å². The Kier molecular flexibility index (Phi) is 3.63. The van der Waals surface area contributed by atoms with Crippen LogP contribution in [0.1, 0.15) is 5.56 Å². The topological polar surface area (TPSA) is 72.2 Å². The molecule has 2 aromatic carbocycles. The van der Waals surface area contributed by atoms with Crippen molar-refractivity contribution in [2.24, 2.45) is 0 Å². The average molecular weight is 298 g/mol. The van der Waals surface area contributed by atoms with Crippen molar-refractivity contribution in [3.05, 3.63) is 53.6 Å². The normalized spacial score (nSPS) is 11.3. The maximum absolute atomic E-state index is 13.7. The van der Waals surface area contributed by atoms with Gasteiger partial charge in [0.1, 0.15) is 16.4 Å². The summed E-state index contributed by atoms with van der Waals surface area (Å²) in [6.07, 6.45) is 0. The van der Waals surface area contributed by atoms with Crippen molar-refractivity contribution in [3.63, 3.8) is 0 Å². The van der Waals surface area contributed by atoms with E-state index in [1.807, 2.05) is 6.92 Å². The summed E-state index contributed by atoms with van der Waals surface area (Å²) in [6, 6.07) is 8.12. The lowest BCUT2D eigenvalue weighted by atomic mass is 10.2. The Labute approximate surface area is 115 Å². The number of hydrogen-bond acceptors (Lipinski definition) is 3. The molecule has 0 spiro atoms. The SMILES string of the molecule is Cc1ccc(NS(=O)(=O)c2ccc(F)c(N)c2F)cc1. The Morgan fingerprint density at radius 1 is 1.05 bits per heavy atom. The molecule has 0 atom stereocenters. The van der Waals surface area contributed by atoms with Crippen molar-refractivity contribution in [1.29, 1.82) is 0 Å². The summed E-state index contributed by atoms with van der Waals surface area (Å²) < 4.78 is 53.1. The van der Waals surface area contributed by atoms with Crippen molar-refractivity contribution in [3.8, 4) is 0 Å². The molecule has 0 unspecified atom stereocenters. The maximum Gasteiger partial charge on any atom is 0.264 e. The van der Waals surface area contributed by atoms with E-state index >= 15 is 0 Å². The Bertz CT molecular complexity index is 744. The fourth-order valence-corrected chi connectivity index (χ4v) is 2.74. The molecule has 0 bridgehead atoms. The van der Waals surface area contributed by atoms with Crippen LogP contribution in [-0.2, 0) is 10.0 Å². The van der Waals surface area contributed by atoms with E-state index in [4.69, 9.17) is 5.73 Å². The van der Waals surface area contributed by atoms with Crippen molar-refractivity contribution in [2.75, 3.05) is 10.5 Å². The van der Waals surface area contributed by atoms with E-state index in [2.05, 4.69) is 4.72 Å². The lowest BCUT2D eigenvalue weighted by Crippen LogP contribution is -2.16. The number of sulfonamides is 1. The molecule has 0 fully saturated rings. The predicted molar refractivity (Wildman–Crippen MR) is 72.8 cm³/mol. The monoisotopic (exact) mass is 298 g/mol. The van der Waals surface area contributed by atoms with E-state index in [1.165, 1.54) is 12.1 Å². The largest absolute Gasteiger partial charge is 0.394 e. The molecule has 0 saturated heterocycles. The van der Waals surface area contributed by atoms with Gasteiger partial charge in [-0.05, 0) is 31.2 Å². The molecule has 4 nitrogen and oxygen atoms in total. The number of halogens is 2. The molecular weight excluding hydrogens is 286 g/mol. The second kappa shape index (κ2) is 5.09. The molecule has 20 heavy (non-hydrogen) atoms. The Morgan fingerprint density at radius 3 is 2.25 bits per heavy atom. The summed E-state index contributed by atoms with van der Waals surface area (Å²) in [5.74, 6) is -2.30. The standard InChI is InChI=1S/C13H12F2N2O2S/c1-8-2-4-9(5-3-8)17-20(18,19)11-7-6-10(14)13(16)12(11)15/h2-7,17H,16H2,1H3. The van der Waals surface area contributed by atoms with E-state index in [9.17, 15) is 17.2 Å². The van der Waals surface area contributed by atoms with Gasteiger partial charge in [0.25, 0.3) is 10.0 Å². The first-order chi connectivity index (χ1) is 9.31. The van der Waals surface area contributed by atoms with Crippen molar-refractivity contribution >= 4 is 21.4 Å². The zero-order valence-electron chi connectivity index (χ0n) is 10.5. The van der Waals surface area contributed by atoms with Crippen molar-refractivity contribution in [1.82, 2.24) is 0 Å². The lowest BCUT2D eigenvalue weighted by molar-refractivity contribution is 0.557. The molecule has 0 saturated carbocycles. The second-order valence-electron chi connectivity index (χ2n) is 4.24. The molecule has 3 N–H and O–H groups in total. The highest BCUT2D eigenvalue weighted by Gasteiger charge is 2.22. The summed E-state index contributed by atoms with van der Waals surface area (Å²) in [5, 5.41) is 0. The van der Waals surface area contributed by atoms with E-state index in [0.717, 1.165) is 17.7 Å². The van der Waals surface area contributed by atoms with Gasteiger partial charge >= 0.3 is 0 Å². The van der Waals surface area contributed by atoms with Crippen LogP contribution in [0.25, 0.3) is 0 Å². The molecule has 0 amide bonds. The Morgan fingerprint density at radius 2 is 1.65 bits per heavy atom. The van der Waals surface area contributed by atoms with Crippen LogP contribution in [0.2, 0.25) is 0 Å². The summed E-state index contributed by atoms with van der Waals surface area (Å²) in [4.78, 5) is -0.697. The van der Waals surface area contributed by atoms with Gasteiger partial charge in [0, 0.05) is 5.69 Å². The third-order valence-electron chi connectivity index (χ3n) is 2.68. The maximum atomic E-state index is 13.7. The van der Waals surface area contributed by atoms with E-state index < -0.39 is 32.2 Å². The first kappa shape index (κ1) is 14.3. The molecule has 7 heteroatoms. The zero-order chi connectivity index (χ0) is 14.9. The summed E-state index contributed by atoms with van der Waals surface area (Å²) in [6.45, 7) is 1.85. The summed E-state index contributed by atoms with van der Waals surface area (Å²) in [5.41, 5.74) is 5.55. The van der Waals surface area contributed by atoms with Gasteiger partial charge in [-0.2, -0.15) is 0 Å². The van der Waals surface area contributed by atoms with Gasteiger partial charge in [-0.1, -0.05) is 17.7 Å². The molecule has 0 aliphatic heterocycles. The molecular formula is C13H12F2N2O2S.